The van der Waals surface area contributed by atoms with Gasteiger partial charge in [0.25, 0.3) is 6.71 Å². The molecule has 0 amide bonds. The number of nitrogens with zero attached hydrogens (tertiary/aromatic N) is 2. The van der Waals surface area contributed by atoms with Crippen molar-refractivity contribution < 1.29 is 0 Å². The highest BCUT2D eigenvalue weighted by Gasteiger charge is 2.47. The van der Waals surface area contributed by atoms with Crippen molar-refractivity contribution in [1.29, 1.82) is 0 Å². The summed E-state index contributed by atoms with van der Waals surface area (Å²) in [6.45, 7) is 28.5. The summed E-state index contributed by atoms with van der Waals surface area (Å²) < 4.78 is 0. The third-order valence-corrected chi connectivity index (χ3v) is 13.9. The van der Waals surface area contributed by atoms with Crippen molar-refractivity contribution in [3.8, 4) is 11.1 Å². The molecule has 0 aromatic heterocycles. The molecule has 294 valence electrons. The summed E-state index contributed by atoms with van der Waals surface area (Å²) in [6, 6.07) is 45.3. The summed E-state index contributed by atoms with van der Waals surface area (Å²) >= 11 is 0. The van der Waals surface area contributed by atoms with E-state index in [0.717, 1.165) is 0 Å². The highest BCUT2D eigenvalue weighted by atomic mass is 15.2. The highest BCUT2D eigenvalue weighted by molar-refractivity contribution is 7.00. The number of hydrogen-bond donors (Lipinski definition) is 0. The minimum absolute atomic E-state index is 0.00753. The molecule has 0 fully saturated rings. The monoisotopic (exact) mass is 760 g/mol. The first kappa shape index (κ1) is 38.5. The van der Waals surface area contributed by atoms with Crippen molar-refractivity contribution in [3.63, 3.8) is 0 Å². The van der Waals surface area contributed by atoms with E-state index in [4.69, 9.17) is 0 Å². The summed E-state index contributed by atoms with van der Waals surface area (Å²) in [6.07, 6.45) is 2.36. The van der Waals surface area contributed by atoms with E-state index in [1.165, 1.54) is 108 Å². The van der Waals surface area contributed by atoms with Gasteiger partial charge in [-0.25, -0.2) is 0 Å². The maximum absolute atomic E-state index is 2.67. The lowest BCUT2D eigenvalue weighted by Crippen LogP contribution is -2.62. The Hall–Kier alpha value is -5.02. The van der Waals surface area contributed by atoms with E-state index in [1.807, 2.05) is 0 Å². The molecule has 0 saturated heterocycles. The van der Waals surface area contributed by atoms with Crippen LogP contribution in [0.2, 0.25) is 0 Å². The fourth-order valence-corrected chi connectivity index (χ4v) is 10.2. The van der Waals surface area contributed by atoms with Crippen LogP contribution in [0.1, 0.15) is 134 Å². The van der Waals surface area contributed by atoms with Crippen LogP contribution in [-0.4, -0.2) is 6.71 Å². The standard InChI is InChI=1S/C55H61BN2/c1-34(2)37-18-22-41(23-19-37)57-48-24-20-39(35(3)4)30-45(48)56-46-32-43-44(55(11,12)27-26-54(43,9)10)33-49(46)58(51-29-36(5)28-50(57)52(51)56)47-25-21-40(53(6,7)8)31-42(47)38-16-14-13-15-17-38/h13-25,28-35H,26-27H2,1-12H3. The van der Waals surface area contributed by atoms with Crippen molar-refractivity contribution >= 4 is 57.2 Å². The Labute approximate surface area is 349 Å². The van der Waals surface area contributed by atoms with Gasteiger partial charge in [0, 0.05) is 34.0 Å². The average molecular weight is 761 g/mol. The quantitative estimate of drug-likeness (QED) is 0.161. The molecule has 0 radical (unpaired) electrons. The maximum atomic E-state index is 2.67. The Morgan fingerprint density at radius 3 is 1.74 bits per heavy atom. The second kappa shape index (κ2) is 13.5. The van der Waals surface area contributed by atoms with Crippen LogP contribution in [0.3, 0.4) is 0 Å². The van der Waals surface area contributed by atoms with E-state index in [1.54, 1.807) is 0 Å². The van der Waals surface area contributed by atoms with E-state index < -0.39 is 0 Å². The molecule has 2 heterocycles. The molecule has 3 heteroatoms. The zero-order chi connectivity index (χ0) is 41.1. The van der Waals surface area contributed by atoms with Crippen LogP contribution in [0, 0.1) is 6.92 Å². The zero-order valence-corrected chi connectivity index (χ0v) is 37.0. The minimum atomic E-state index is 0.00753. The van der Waals surface area contributed by atoms with Gasteiger partial charge in [0.15, 0.2) is 0 Å². The van der Waals surface area contributed by atoms with E-state index in [0.29, 0.717) is 11.8 Å². The molecule has 6 aromatic rings. The minimum Gasteiger partial charge on any atom is -0.311 e. The molecule has 1 aliphatic carbocycles. The van der Waals surface area contributed by atoms with Crippen LogP contribution in [0.5, 0.6) is 0 Å². The number of aryl methyl sites for hydroxylation is 1. The predicted octanol–water partition coefficient (Wildman–Crippen LogP) is 13.6. The summed E-state index contributed by atoms with van der Waals surface area (Å²) in [4.78, 5) is 5.24. The smallest absolute Gasteiger partial charge is 0.252 e. The zero-order valence-electron chi connectivity index (χ0n) is 37.0. The first-order valence-electron chi connectivity index (χ1n) is 21.8. The normalized spacial score (nSPS) is 16.3. The lowest BCUT2D eigenvalue weighted by atomic mass is 9.33. The van der Waals surface area contributed by atoms with Crippen molar-refractivity contribution in [1.82, 2.24) is 0 Å². The van der Waals surface area contributed by atoms with Gasteiger partial charge in [0.1, 0.15) is 0 Å². The molecule has 0 atom stereocenters. The molecule has 0 unspecified atom stereocenters. The second-order valence-corrected chi connectivity index (χ2v) is 20.6. The van der Waals surface area contributed by atoms with Gasteiger partial charge in [-0.2, -0.15) is 0 Å². The van der Waals surface area contributed by atoms with Gasteiger partial charge in [-0.1, -0.05) is 143 Å². The molecule has 0 spiro atoms. The number of benzene rings is 6. The lowest BCUT2D eigenvalue weighted by Gasteiger charge is -2.48. The van der Waals surface area contributed by atoms with Crippen molar-refractivity contribution in [2.75, 3.05) is 9.80 Å². The Morgan fingerprint density at radius 1 is 0.552 bits per heavy atom. The molecule has 3 aliphatic rings. The fraction of sp³-hybridized carbons (Fsp3) is 0.345. The molecular weight excluding hydrogens is 699 g/mol. The highest BCUT2D eigenvalue weighted by Crippen LogP contribution is 2.52. The molecule has 9 rings (SSSR count). The van der Waals surface area contributed by atoms with Crippen LogP contribution < -0.4 is 26.2 Å². The fourth-order valence-electron chi connectivity index (χ4n) is 10.2. The molecule has 0 N–H and O–H groups in total. The van der Waals surface area contributed by atoms with Gasteiger partial charge in [0.05, 0.1) is 5.69 Å². The van der Waals surface area contributed by atoms with E-state index in [9.17, 15) is 0 Å². The Morgan fingerprint density at radius 2 is 1.12 bits per heavy atom. The molecule has 2 nitrogen and oxygen atoms in total. The maximum Gasteiger partial charge on any atom is 0.252 e. The molecular formula is C55H61BN2. The van der Waals surface area contributed by atoms with Crippen LogP contribution in [0.15, 0.2) is 115 Å². The molecule has 2 aliphatic heterocycles. The van der Waals surface area contributed by atoms with Crippen molar-refractivity contribution in [3.05, 3.63) is 149 Å². The van der Waals surface area contributed by atoms with E-state index in [-0.39, 0.29) is 23.0 Å². The number of hydrogen-bond acceptors (Lipinski definition) is 2. The first-order valence-corrected chi connectivity index (χ1v) is 21.8. The summed E-state index contributed by atoms with van der Waals surface area (Å²) in [5.41, 5.74) is 22.8. The van der Waals surface area contributed by atoms with E-state index in [2.05, 4.69) is 208 Å². The first-order chi connectivity index (χ1) is 27.4. The topological polar surface area (TPSA) is 6.48 Å². The third kappa shape index (κ3) is 6.14. The Kier molecular flexibility index (Phi) is 8.97. The second-order valence-electron chi connectivity index (χ2n) is 20.6. The molecule has 6 aromatic carbocycles. The largest absolute Gasteiger partial charge is 0.311 e. The van der Waals surface area contributed by atoms with Gasteiger partial charge < -0.3 is 9.80 Å². The molecule has 58 heavy (non-hydrogen) atoms. The summed E-state index contributed by atoms with van der Waals surface area (Å²) in [5.74, 6) is 0.890. The van der Waals surface area contributed by atoms with Crippen LogP contribution >= 0.6 is 0 Å². The SMILES string of the molecule is Cc1cc2c3c(c1)N(c1ccc(C(C)(C)C)cc1-c1ccccc1)c1cc4c(cc1B3c1cc(C(C)C)ccc1N2c1ccc(C(C)C)cc1)C(C)(C)CCC4(C)C. The number of fused-ring (bicyclic) bond motifs is 5. The van der Waals surface area contributed by atoms with Crippen molar-refractivity contribution in [2.45, 2.75) is 124 Å². The number of anilines is 6. The lowest BCUT2D eigenvalue weighted by molar-refractivity contribution is 0.332. The number of rotatable bonds is 5. The van der Waals surface area contributed by atoms with Gasteiger partial charge in [-0.05, 0) is 152 Å². The van der Waals surface area contributed by atoms with Gasteiger partial charge in [-0.3, -0.25) is 0 Å². The average Bonchev–Trinajstić information content (AvgIpc) is 3.18. The van der Waals surface area contributed by atoms with Gasteiger partial charge >= 0.3 is 0 Å². The van der Waals surface area contributed by atoms with E-state index >= 15 is 0 Å². The predicted molar refractivity (Wildman–Crippen MR) is 253 cm³/mol. The summed E-state index contributed by atoms with van der Waals surface area (Å²) in [7, 11) is 0. The summed E-state index contributed by atoms with van der Waals surface area (Å²) in [5, 5.41) is 0. The third-order valence-electron chi connectivity index (χ3n) is 13.9. The Bertz CT molecular complexity index is 2570. The van der Waals surface area contributed by atoms with Crippen molar-refractivity contribution in [2.24, 2.45) is 0 Å². The van der Waals surface area contributed by atoms with Crippen LogP contribution in [-0.2, 0) is 16.2 Å². The molecule has 0 bridgehead atoms. The Balaban J connectivity index is 1.42. The van der Waals surface area contributed by atoms with Gasteiger partial charge in [0.2, 0.25) is 0 Å². The van der Waals surface area contributed by atoms with Crippen LogP contribution in [0.25, 0.3) is 11.1 Å². The van der Waals surface area contributed by atoms with Crippen LogP contribution in [0.4, 0.5) is 34.1 Å². The molecule has 0 saturated carbocycles. The van der Waals surface area contributed by atoms with Gasteiger partial charge in [-0.15, -0.1) is 0 Å².